The molecule has 0 saturated carbocycles. The van der Waals surface area contributed by atoms with Gasteiger partial charge < -0.3 is 14.9 Å². The number of hydrogen-bond donors (Lipinski definition) is 2. The molecule has 6 heteroatoms. The van der Waals surface area contributed by atoms with E-state index in [1.165, 1.54) is 0 Å². The molecule has 1 aromatic heterocycles. The summed E-state index contributed by atoms with van der Waals surface area (Å²) >= 11 is 0. The van der Waals surface area contributed by atoms with Gasteiger partial charge in [-0.1, -0.05) is 18.5 Å². The first kappa shape index (κ1) is 14.2. The van der Waals surface area contributed by atoms with Gasteiger partial charge in [-0.15, -0.1) is 0 Å². The van der Waals surface area contributed by atoms with Crippen molar-refractivity contribution >= 4 is 11.9 Å². The number of aryl methyl sites for hydroxylation is 2. The lowest BCUT2D eigenvalue weighted by atomic mass is 10.1. The number of aliphatic carboxylic acids is 1. The fourth-order valence-corrected chi connectivity index (χ4v) is 1.71. The van der Waals surface area contributed by atoms with Crippen LogP contribution in [0, 0.1) is 13.8 Å². The highest BCUT2D eigenvalue weighted by molar-refractivity contribution is 5.85. The monoisotopic (exact) mass is 254 g/mol. The number of amides is 1. The van der Waals surface area contributed by atoms with Gasteiger partial charge in [0.25, 0.3) is 0 Å². The third-order valence-corrected chi connectivity index (χ3v) is 2.73. The number of carboxylic acids is 1. The number of carbonyl (C=O) groups is 2. The highest BCUT2D eigenvalue weighted by atomic mass is 16.5. The van der Waals surface area contributed by atoms with E-state index in [-0.39, 0.29) is 12.3 Å². The molecule has 1 atom stereocenters. The number of hydrogen-bond acceptors (Lipinski definition) is 4. The summed E-state index contributed by atoms with van der Waals surface area (Å²) in [6.45, 7) is 5.35. The van der Waals surface area contributed by atoms with E-state index in [9.17, 15) is 9.59 Å². The summed E-state index contributed by atoms with van der Waals surface area (Å²) in [5.74, 6) is -0.751. The molecular formula is C12H18N2O4. The average molecular weight is 254 g/mol. The molecular weight excluding hydrogens is 236 g/mol. The molecule has 1 aromatic rings. The summed E-state index contributed by atoms with van der Waals surface area (Å²) in [6.07, 6.45) is 1.21. The van der Waals surface area contributed by atoms with Crippen LogP contribution in [-0.2, 0) is 16.0 Å². The van der Waals surface area contributed by atoms with Crippen LogP contribution in [0.15, 0.2) is 4.52 Å². The van der Waals surface area contributed by atoms with Crippen LogP contribution in [0.5, 0.6) is 0 Å². The zero-order chi connectivity index (χ0) is 13.7. The van der Waals surface area contributed by atoms with Crippen molar-refractivity contribution in [1.82, 2.24) is 10.5 Å². The molecule has 100 valence electrons. The highest BCUT2D eigenvalue weighted by Crippen LogP contribution is 2.12. The summed E-state index contributed by atoms with van der Waals surface area (Å²) in [5.41, 5.74) is 1.37. The minimum atomic E-state index is -1.01. The maximum Gasteiger partial charge on any atom is 0.326 e. The summed E-state index contributed by atoms with van der Waals surface area (Å²) in [5, 5.41) is 15.2. The number of rotatable bonds is 6. The van der Waals surface area contributed by atoms with Gasteiger partial charge in [-0.25, -0.2) is 4.79 Å². The molecule has 6 nitrogen and oxygen atoms in total. The third-order valence-electron chi connectivity index (χ3n) is 2.73. The Morgan fingerprint density at radius 3 is 2.56 bits per heavy atom. The SMILES string of the molecule is CCC[C@@H](NC(=O)Cc1c(C)noc1C)C(=O)O. The van der Waals surface area contributed by atoms with Gasteiger partial charge in [-0.05, 0) is 20.3 Å². The molecule has 0 aliphatic rings. The molecule has 0 aliphatic carbocycles. The van der Waals surface area contributed by atoms with E-state index in [0.717, 1.165) is 0 Å². The van der Waals surface area contributed by atoms with Crippen LogP contribution in [0.3, 0.4) is 0 Å². The molecule has 0 unspecified atom stereocenters. The normalized spacial score (nSPS) is 12.2. The number of carbonyl (C=O) groups excluding carboxylic acids is 1. The van der Waals surface area contributed by atoms with Gasteiger partial charge in [0.15, 0.2) is 0 Å². The number of carboxylic acid groups (broad SMARTS) is 1. The molecule has 2 N–H and O–H groups in total. The lowest BCUT2D eigenvalue weighted by Crippen LogP contribution is -2.41. The zero-order valence-electron chi connectivity index (χ0n) is 10.8. The largest absolute Gasteiger partial charge is 0.480 e. The van der Waals surface area contributed by atoms with E-state index in [1.807, 2.05) is 6.92 Å². The van der Waals surface area contributed by atoms with Gasteiger partial charge in [0, 0.05) is 5.56 Å². The maximum absolute atomic E-state index is 11.8. The first-order valence-electron chi connectivity index (χ1n) is 5.89. The predicted molar refractivity (Wildman–Crippen MR) is 64.2 cm³/mol. The molecule has 1 heterocycles. The summed E-state index contributed by atoms with van der Waals surface area (Å²) in [4.78, 5) is 22.7. The van der Waals surface area contributed by atoms with E-state index < -0.39 is 12.0 Å². The lowest BCUT2D eigenvalue weighted by Gasteiger charge is -2.13. The molecule has 1 rings (SSSR count). The summed E-state index contributed by atoms with van der Waals surface area (Å²) in [6, 6.07) is -0.831. The predicted octanol–water partition coefficient (Wildman–Crippen LogP) is 1.20. The van der Waals surface area contributed by atoms with Gasteiger partial charge in [0.2, 0.25) is 5.91 Å². The molecule has 0 aromatic carbocycles. The first-order chi connectivity index (χ1) is 8.45. The molecule has 0 bridgehead atoms. The second-order valence-corrected chi connectivity index (χ2v) is 4.23. The van der Waals surface area contributed by atoms with Crippen molar-refractivity contribution in [2.45, 2.75) is 46.1 Å². The quantitative estimate of drug-likeness (QED) is 0.795. The topological polar surface area (TPSA) is 92.4 Å². The fourth-order valence-electron chi connectivity index (χ4n) is 1.71. The summed E-state index contributed by atoms with van der Waals surface area (Å²) < 4.78 is 4.95. The smallest absolute Gasteiger partial charge is 0.326 e. The summed E-state index contributed by atoms with van der Waals surface area (Å²) in [7, 11) is 0. The van der Waals surface area contributed by atoms with Crippen LogP contribution in [0.4, 0.5) is 0 Å². The van der Waals surface area contributed by atoms with Gasteiger partial charge >= 0.3 is 5.97 Å². The van der Waals surface area contributed by atoms with E-state index in [2.05, 4.69) is 10.5 Å². The minimum Gasteiger partial charge on any atom is -0.480 e. The van der Waals surface area contributed by atoms with Crippen LogP contribution in [0.1, 0.15) is 36.8 Å². The van der Waals surface area contributed by atoms with Crippen molar-refractivity contribution in [1.29, 1.82) is 0 Å². The van der Waals surface area contributed by atoms with Crippen molar-refractivity contribution in [3.63, 3.8) is 0 Å². The highest BCUT2D eigenvalue weighted by Gasteiger charge is 2.20. The van der Waals surface area contributed by atoms with Crippen LogP contribution < -0.4 is 5.32 Å². The zero-order valence-corrected chi connectivity index (χ0v) is 10.8. The molecule has 0 saturated heterocycles. The van der Waals surface area contributed by atoms with E-state index in [0.29, 0.717) is 29.9 Å². The standard InChI is InChI=1S/C12H18N2O4/c1-4-5-10(12(16)17)13-11(15)6-9-7(2)14-18-8(9)3/h10H,4-6H2,1-3H3,(H,13,15)(H,16,17)/t10-/m1/s1. The van der Waals surface area contributed by atoms with Crippen LogP contribution in [0.25, 0.3) is 0 Å². The van der Waals surface area contributed by atoms with E-state index >= 15 is 0 Å². The van der Waals surface area contributed by atoms with E-state index in [4.69, 9.17) is 9.63 Å². The second-order valence-electron chi connectivity index (χ2n) is 4.23. The van der Waals surface area contributed by atoms with Gasteiger partial charge in [0.1, 0.15) is 11.8 Å². The molecule has 0 fully saturated rings. The Labute approximate surface area is 105 Å². The number of nitrogens with zero attached hydrogens (tertiary/aromatic N) is 1. The lowest BCUT2D eigenvalue weighted by molar-refractivity contribution is -0.141. The Morgan fingerprint density at radius 1 is 1.44 bits per heavy atom. The second kappa shape index (κ2) is 6.18. The van der Waals surface area contributed by atoms with E-state index in [1.54, 1.807) is 13.8 Å². The van der Waals surface area contributed by atoms with Gasteiger partial charge in [-0.2, -0.15) is 0 Å². The maximum atomic E-state index is 11.8. The number of nitrogens with one attached hydrogen (secondary N) is 1. The van der Waals surface area contributed by atoms with Crippen molar-refractivity contribution < 1.29 is 19.2 Å². The molecule has 0 aliphatic heterocycles. The van der Waals surface area contributed by atoms with Crippen LogP contribution in [0.2, 0.25) is 0 Å². The fraction of sp³-hybridized carbons (Fsp3) is 0.583. The van der Waals surface area contributed by atoms with Gasteiger partial charge in [-0.3, -0.25) is 4.79 Å². The Hall–Kier alpha value is -1.85. The molecule has 18 heavy (non-hydrogen) atoms. The molecule has 0 radical (unpaired) electrons. The number of aromatic nitrogens is 1. The Bertz CT molecular complexity index is 420. The van der Waals surface area contributed by atoms with Gasteiger partial charge in [0.05, 0.1) is 12.1 Å². The Kier molecular flexibility index (Phi) is 4.88. The molecule has 0 spiro atoms. The van der Waals surface area contributed by atoms with Crippen LogP contribution in [-0.4, -0.2) is 28.2 Å². The first-order valence-corrected chi connectivity index (χ1v) is 5.89. The minimum absolute atomic E-state index is 0.0919. The Morgan fingerprint density at radius 2 is 2.11 bits per heavy atom. The third kappa shape index (κ3) is 3.58. The van der Waals surface area contributed by atoms with Crippen molar-refractivity contribution in [2.75, 3.05) is 0 Å². The molecule has 1 amide bonds. The van der Waals surface area contributed by atoms with Crippen molar-refractivity contribution in [3.8, 4) is 0 Å². The van der Waals surface area contributed by atoms with Crippen molar-refractivity contribution in [3.05, 3.63) is 17.0 Å². The van der Waals surface area contributed by atoms with Crippen LogP contribution >= 0.6 is 0 Å². The van der Waals surface area contributed by atoms with Crippen molar-refractivity contribution in [2.24, 2.45) is 0 Å². The Balaban J connectivity index is 2.63. The average Bonchev–Trinajstić information content (AvgIpc) is 2.60.